The SMILES string of the molecule is O=C(CCSc1nnnn1-c1ccccc1)n1c2c(c3ccccc31)CCCC2. The Morgan fingerprint density at radius 2 is 1.79 bits per heavy atom. The molecule has 0 unspecified atom stereocenters. The molecule has 0 fully saturated rings. The predicted octanol–water partition coefficient (Wildman–Crippen LogP) is 4.32. The number of carbonyl (C=O) groups is 1. The van der Waals surface area contributed by atoms with Crippen molar-refractivity contribution in [1.29, 1.82) is 0 Å². The molecular weight excluding hydrogens is 382 g/mol. The van der Waals surface area contributed by atoms with E-state index < -0.39 is 0 Å². The van der Waals surface area contributed by atoms with E-state index in [1.54, 1.807) is 4.68 Å². The monoisotopic (exact) mass is 403 g/mol. The summed E-state index contributed by atoms with van der Waals surface area (Å²) in [6, 6.07) is 18.1. The van der Waals surface area contributed by atoms with Crippen LogP contribution in [0.25, 0.3) is 16.6 Å². The lowest BCUT2D eigenvalue weighted by atomic mass is 9.95. The second kappa shape index (κ2) is 7.83. The van der Waals surface area contributed by atoms with Gasteiger partial charge in [-0.05, 0) is 59.9 Å². The number of para-hydroxylation sites is 2. The van der Waals surface area contributed by atoms with Gasteiger partial charge in [0.05, 0.1) is 11.2 Å². The number of nitrogens with zero attached hydrogens (tertiary/aromatic N) is 5. The lowest BCUT2D eigenvalue weighted by molar-refractivity contribution is 0.0912. The molecule has 29 heavy (non-hydrogen) atoms. The molecule has 7 heteroatoms. The van der Waals surface area contributed by atoms with Crippen LogP contribution in [0.3, 0.4) is 0 Å². The highest BCUT2D eigenvalue weighted by molar-refractivity contribution is 7.99. The molecular formula is C22H21N5OS. The second-order valence-electron chi connectivity index (χ2n) is 7.19. The maximum atomic E-state index is 13.2. The van der Waals surface area contributed by atoms with Gasteiger partial charge in [-0.2, -0.15) is 4.68 Å². The number of aromatic nitrogens is 5. The molecule has 0 spiro atoms. The molecule has 1 aliphatic carbocycles. The molecule has 0 saturated carbocycles. The van der Waals surface area contributed by atoms with Crippen LogP contribution in [0.2, 0.25) is 0 Å². The van der Waals surface area contributed by atoms with Gasteiger partial charge in [-0.3, -0.25) is 9.36 Å². The summed E-state index contributed by atoms with van der Waals surface area (Å²) in [5.74, 6) is 0.781. The zero-order valence-electron chi connectivity index (χ0n) is 16.0. The Hall–Kier alpha value is -2.93. The molecule has 0 N–H and O–H groups in total. The van der Waals surface area contributed by atoms with E-state index in [-0.39, 0.29) is 5.91 Å². The van der Waals surface area contributed by atoms with Crippen molar-refractivity contribution in [3.63, 3.8) is 0 Å². The molecule has 0 amide bonds. The molecule has 0 radical (unpaired) electrons. The van der Waals surface area contributed by atoms with Gasteiger partial charge in [0.2, 0.25) is 11.1 Å². The maximum absolute atomic E-state index is 13.2. The first-order chi connectivity index (χ1) is 14.3. The van der Waals surface area contributed by atoms with E-state index in [2.05, 4.69) is 33.7 Å². The summed E-state index contributed by atoms with van der Waals surface area (Å²) >= 11 is 1.51. The average molecular weight is 404 g/mol. The number of thioether (sulfide) groups is 1. The van der Waals surface area contributed by atoms with E-state index in [0.29, 0.717) is 17.3 Å². The van der Waals surface area contributed by atoms with Gasteiger partial charge in [0.1, 0.15) is 0 Å². The second-order valence-corrected chi connectivity index (χ2v) is 8.25. The van der Waals surface area contributed by atoms with Gasteiger partial charge in [0.15, 0.2) is 0 Å². The third-order valence-electron chi connectivity index (χ3n) is 5.42. The van der Waals surface area contributed by atoms with Crippen LogP contribution in [0.1, 0.15) is 35.3 Å². The number of fused-ring (bicyclic) bond motifs is 3. The number of rotatable bonds is 5. The summed E-state index contributed by atoms with van der Waals surface area (Å²) < 4.78 is 3.67. The van der Waals surface area contributed by atoms with Gasteiger partial charge >= 0.3 is 0 Å². The van der Waals surface area contributed by atoms with Crippen LogP contribution >= 0.6 is 11.8 Å². The largest absolute Gasteiger partial charge is 0.284 e. The van der Waals surface area contributed by atoms with Crippen molar-refractivity contribution < 1.29 is 4.79 Å². The molecule has 0 bridgehead atoms. The highest BCUT2D eigenvalue weighted by Gasteiger charge is 2.23. The van der Waals surface area contributed by atoms with Crippen molar-refractivity contribution in [3.8, 4) is 5.69 Å². The minimum Gasteiger partial charge on any atom is -0.284 e. The Morgan fingerprint density at radius 3 is 2.69 bits per heavy atom. The minimum atomic E-state index is 0.149. The minimum absolute atomic E-state index is 0.149. The summed E-state index contributed by atoms with van der Waals surface area (Å²) in [5.41, 5.74) is 4.53. The Balaban J connectivity index is 1.35. The van der Waals surface area contributed by atoms with E-state index >= 15 is 0 Å². The fourth-order valence-corrected chi connectivity index (χ4v) is 4.94. The fraction of sp³-hybridized carbons (Fsp3) is 0.273. The molecule has 0 aliphatic heterocycles. The topological polar surface area (TPSA) is 65.6 Å². The Labute approximate surface area is 172 Å². The van der Waals surface area contributed by atoms with E-state index in [9.17, 15) is 4.79 Å². The molecule has 1 aliphatic rings. The number of hydrogen-bond acceptors (Lipinski definition) is 5. The number of aryl methyl sites for hydroxylation is 1. The van der Waals surface area contributed by atoms with Crippen molar-refractivity contribution >= 4 is 28.6 Å². The molecule has 0 atom stereocenters. The third kappa shape index (κ3) is 3.35. The van der Waals surface area contributed by atoms with E-state index in [1.807, 2.05) is 41.0 Å². The zero-order valence-corrected chi connectivity index (χ0v) is 16.8. The molecule has 5 rings (SSSR count). The van der Waals surface area contributed by atoms with Crippen molar-refractivity contribution in [2.45, 2.75) is 37.3 Å². The van der Waals surface area contributed by atoms with E-state index in [1.165, 1.54) is 34.8 Å². The summed E-state index contributed by atoms with van der Waals surface area (Å²) in [4.78, 5) is 13.2. The van der Waals surface area contributed by atoms with Crippen LogP contribution < -0.4 is 0 Å². The summed E-state index contributed by atoms with van der Waals surface area (Å²) in [5, 5.41) is 13.9. The molecule has 6 nitrogen and oxygen atoms in total. The van der Waals surface area contributed by atoms with Crippen LogP contribution in [0, 0.1) is 0 Å². The standard InChI is InChI=1S/C22H21N5OS/c28-21(14-15-29-22-23-24-25-27(22)16-8-2-1-3-9-16)26-19-12-6-4-10-17(19)18-11-5-7-13-20(18)26/h1-4,6,8-10,12H,5,7,11,13-15H2. The lowest BCUT2D eigenvalue weighted by Gasteiger charge is -2.15. The zero-order chi connectivity index (χ0) is 19.6. The highest BCUT2D eigenvalue weighted by atomic mass is 32.2. The quantitative estimate of drug-likeness (QED) is 0.464. The van der Waals surface area contributed by atoms with Crippen LogP contribution in [0.5, 0.6) is 0 Å². The smallest absolute Gasteiger partial charge is 0.232 e. The van der Waals surface area contributed by atoms with Crippen LogP contribution in [-0.2, 0) is 12.8 Å². The number of hydrogen-bond donors (Lipinski definition) is 0. The van der Waals surface area contributed by atoms with E-state index in [0.717, 1.165) is 30.5 Å². The van der Waals surface area contributed by atoms with Crippen molar-refractivity contribution in [3.05, 3.63) is 65.9 Å². The van der Waals surface area contributed by atoms with Crippen LogP contribution in [-0.4, -0.2) is 36.4 Å². The molecule has 146 valence electrons. The first-order valence-corrected chi connectivity index (χ1v) is 10.9. The normalized spacial score (nSPS) is 13.5. The van der Waals surface area contributed by atoms with Crippen molar-refractivity contribution in [1.82, 2.24) is 24.8 Å². The number of tetrazole rings is 1. The van der Waals surface area contributed by atoms with Gasteiger partial charge in [0.25, 0.3) is 0 Å². The number of carbonyl (C=O) groups excluding carboxylic acids is 1. The van der Waals surface area contributed by atoms with Gasteiger partial charge in [-0.1, -0.05) is 48.2 Å². The van der Waals surface area contributed by atoms with Gasteiger partial charge in [-0.25, -0.2) is 0 Å². The van der Waals surface area contributed by atoms with Gasteiger partial charge in [0, 0.05) is 23.3 Å². The summed E-state index contributed by atoms with van der Waals surface area (Å²) in [6.45, 7) is 0. The Kier molecular flexibility index (Phi) is 4.89. The first-order valence-electron chi connectivity index (χ1n) is 9.94. The Bertz CT molecular complexity index is 1160. The molecule has 2 aromatic heterocycles. The molecule has 2 aromatic carbocycles. The summed E-state index contributed by atoms with van der Waals surface area (Å²) in [7, 11) is 0. The predicted molar refractivity (Wildman–Crippen MR) is 114 cm³/mol. The third-order valence-corrected chi connectivity index (χ3v) is 6.34. The maximum Gasteiger partial charge on any atom is 0.232 e. The van der Waals surface area contributed by atoms with Gasteiger partial charge in [-0.15, -0.1) is 5.10 Å². The Morgan fingerprint density at radius 1 is 1.00 bits per heavy atom. The van der Waals surface area contributed by atoms with Gasteiger partial charge < -0.3 is 0 Å². The highest BCUT2D eigenvalue weighted by Crippen LogP contribution is 2.32. The van der Waals surface area contributed by atoms with Crippen LogP contribution in [0.15, 0.2) is 59.8 Å². The fourth-order valence-electron chi connectivity index (χ4n) is 4.12. The molecule has 2 heterocycles. The molecule has 4 aromatic rings. The van der Waals surface area contributed by atoms with Crippen molar-refractivity contribution in [2.24, 2.45) is 0 Å². The average Bonchev–Trinajstić information content (AvgIpc) is 3.37. The lowest BCUT2D eigenvalue weighted by Crippen LogP contribution is -2.16. The van der Waals surface area contributed by atoms with Crippen molar-refractivity contribution in [2.75, 3.05) is 5.75 Å². The van der Waals surface area contributed by atoms with E-state index in [4.69, 9.17) is 0 Å². The number of benzene rings is 2. The molecule has 0 saturated heterocycles. The summed E-state index contributed by atoms with van der Waals surface area (Å²) in [6.07, 6.45) is 4.84. The van der Waals surface area contributed by atoms with Crippen LogP contribution in [0.4, 0.5) is 0 Å². The first kappa shape index (κ1) is 18.1.